The zero-order chi connectivity index (χ0) is 18.6. The smallest absolute Gasteiger partial charge is 0.329 e. The van der Waals surface area contributed by atoms with Crippen molar-refractivity contribution in [3.05, 3.63) is 45.1 Å². The number of nitrogens with one attached hydrogen (secondary N) is 1. The number of rotatable bonds is 2. The van der Waals surface area contributed by atoms with E-state index in [4.69, 9.17) is 0 Å². The molecule has 3 heterocycles. The lowest BCUT2D eigenvalue weighted by Gasteiger charge is -2.33. The van der Waals surface area contributed by atoms with Crippen molar-refractivity contribution in [2.75, 3.05) is 30.4 Å². The second kappa shape index (κ2) is 5.76. The first-order chi connectivity index (χ1) is 12.4. The summed E-state index contributed by atoms with van der Waals surface area (Å²) in [6.07, 6.45) is 0. The Morgan fingerprint density at radius 2 is 1.85 bits per heavy atom. The number of aromatic nitrogens is 4. The zero-order valence-corrected chi connectivity index (χ0v) is 15.4. The summed E-state index contributed by atoms with van der Waals surface area (Å²) in [5.41, 5.74) is 2.15. The SMILES string of the molecule is CC1CN(c2ccc(N(C)C)cc2)c2nc3c(c(=O)[nH]c(=O)n3C)n2C1. The molecule has 1 aliphatic heterocycles. The lowest BCUT2D eigenvalue weighted by Crippen LogP contribution is -2.35. The molecule has 1 aromatic carbocycles. The van der Waals surface area contributed by atoms with Crippen molar-refractivity contribution >= 4 is 28.5 Å². The summed E-state index contributed by atoms with van der Waals surface area (Å²) in [7, 11) is 5.63. The van der Waals surface area contributed by atoms with Crippen LogP contribution >= 0.6 is 0 Å². The molecule has 2 aromatic heterocycles. The third-order valence-electron chi connectivity index (χ3n) is 4.89. The van der Waals surface area contributed by atoms with Gasteiger partial charge in [-0.2, -0.15) is 4.98 Å². The summed E-state index contributed by atoms with van der Waals surface area (Å²) in [5, 5.41) is 0. The number of hydrogen-bond donors (Lipinski definition) is 1. The van der Waals surface area contributed by atoms with Gasteiger partial charge in [0.05, 0.1) is 0 Å². The monoisotopic (exact) mass is 354 g/mol. The minimum atomic E-state index is -0.451. The van der Waals surface area contributed by atoms with Crippen molar-refractivity contribution in [2.24, 2.45) is 13.0 Å². The van der Waals surface area contributed by atoms with E-state index in [9.17, 15) is 9.59 Å². The first-order valence-corrected chi connectivity index (χ1v) is 8.61. The predicted molar refractivity (Wildman–Crippen MR) is 103 cm³/mol. The van der Waals surface area contributed by atoms with Gasteiger partial charge in [0.2, 0.25) is 5.95 Å². The largest absolute Gasteiger partial charge is 0.378 e. The molecule has 1 N–H and O–H groups in total. The van der Waals surface area contributed by atoms with Crippen LogP contribution in [0.4, 0.5) is 17.3 Å². The van der Waals surface area contributed by atoms with Crippen molar-refractivity contribution in [1.29, 1.82) is 0 Å². The van der Waals surface area contributed by atoms with Gasteiger partial charge in [0.15, 0.2) is 11.2 Å². The average molecular weight is 354 g/mol. The molecule has 0 radical (unpaired) electrons. The fourth-order valence-electron chi connectivity index (χ4n) is 3.52. The van der Waals surface area contributed by atoms with Crippen LogP contribution < -0.4 is 21.0 Å². The Hall–Kier alpha value is -3.03. The number of aromatic amines is 1. The number of anilines is 3. The Morgan fingerprint density at radius 3 is 2.50 bits per heavy atom. The van der Waals surface area contributed by atoms with E-state index in [1.165, 1.54) is 4.57 Å². The molecular formula is C18H22N6O2. The van der Waals surface area contributed by atoms with Crippen LogP contribution in [0.1, 0.15) is 6.92 Å². The number of H-pyrrole nitrogens is 1. The molecule has 0 aliphatic carbocycles. The van der Waals surface area contributed by atoms with E-state index in [2.05, 4.69) is 46.1 Å². The van der Waals surface area contributed by atoms with Crippen LogP contribution in [0, 0.1) is 5.92 Å². The number of nitrogens with zero attached hydrogens (tertiary/aromatic N) is 5. The minimum absolute atomic E-state index is 0.338. The molecule has 3 aromatic rings. The highest BCUT2D eigenvalue weighted by molar-refractivity contribution is 5.77. The molecule has 1 aliphatic rings. The van der Waals surface area contributed by atoms with E-state index in [0.717, 1.165) is 17.9 Å². The third-order valence-corrected chi connectivity index (χ3v) is 4.89. The van der Waals surface area contributed by atoms with Gasteiger partial charge in [0.25, 0.3) is 5.56 Å². The first-order valence-electron chi connectivity index (χ1n) is 8.61. The van der Waals surface area contributed by atoms with E-state index in [1.54, 1.807) is 7.05 Å². The van der Waals surface area contributed by atoms with Gasteiger partial charge in [-0.3, -0.25) is 14.3 Å². The van der Waals surface area contributed by atoms with Gasteiger partial charge in [-0.05, 0) is 30.2 Å². The number of imidazole rings is 1. The molecule has 1 atom stereocenters. The van der Waals surface area contributed by atoms with E-state index < -0.39 is 5.69 Å². The first kappa shape index (κ1) is 16.4. The molecule has 0 fully saturated rings. The Kier molecular flexibility index (Phi) is 3.64. The summed E-state index contributed by atoms with van der Waals surface area (Å²) in [4.78, 5) is 35.5. The lowest BCUT2D eigenvalue weighted by atomic mass is 10.1. The van der Waals surface area contributed by atoms with E-state index in [0.29, 0.717) is 29.6 Å². The van der Waals surface area contributed by atoms with E-state index in [1.807, 2.05) is 23.6 Å². The molecule has 4 rings (SSSR count). The predicted octanol–water partition coefficient (Wildman–Crippen LogP) is 1.28. The van der Waals surface area contributed by atoms with Gasteiger partial charge in [-0.15, -0.1) is 0 Å². The Morgan fingerprint density at radius 1 is 1.15 bits per heavy atom. The number of benzene rings is 1. The highest BCUT2D eigenvalue weighted by Crippen LogP contribution is 2.33. The summed E-state index contributed by atoms with van der Waals surface area (Å²) in [6.45, 7) is 3.64. The molecule has 0 saturated carbocycles. The maximum absolute atomic E-state index is 12.4. The zero-order valence-electron chi connectivity index (χ0n) is 15.4. The molecule has 136 valence electrons. The molecule has 0 amide bonds. The van der Waals surface area contributed by atoms with Gasteiger partial charge in [-0.25, -0.2) is 4.79 Å². The molecule has 1 unspecified atom stereocenters. The number of hydrogen-bond acceptors (Lipinski definition) is 5. The van der Waals surface area contributed by atoms with E-state index >= 15 is 0 Å². The highest BCUT2D eigenvalue weighted by atomic mass is 16.2. The summed E-state index contributed by atoms with van der Waals surface area (Å²) >= 11 is 0. The van der Waals surface area contributed by atoms with Crippen molar-refractivity contribution in [2.45, 2.75) is 13.5 Å². The maximum atomic E-state index is 12.4. The number of fused-ring (bicyclic) bond motifs is 3. The Balaban J connectivity index is 1.92. The van der Waals surface area contributed by atoms with Gasteiger partial charge in [0, 0.05) is 45.6 Å². The van der Waals surface area contributed by atoms with Gasteiger partial charge in [0.1, 0.15) is 0 Å². The molecule has 0 bridgehead atoms. The van der Waals surface area contributed by atoms with Crippen LogP contribution in [0.25, 0.3) is 11.2 Å². The molecule has 0 spiro atoms. The fraction of sp³-hybridized carbons (Fsp3) is 0.389. The normalized spacial score (nSPS) is 16.8. The molecule has 8 nitrogen and oxygen atoms in total. The van der Waals surface area contributed by atoms with Crippen LogP contribution in [0.5, 0.6) is 0 Å². The van der Waals surface area contributed by atoms with Crippen molar-refractivity contribution < 1.29 is 0 Å². The second-order valence-electron chi connectivity index (χ2n) is 7.14. The van der Waals surface area contributed by atoms with Gasteiger partial charge in [-0.1, -0.05) is 6.92 Å². The average Bonchev–Trinajstić information content (AvgIpc) is 2.99. The van der Waals surface area contributed by atoms with Crippen LogP contribution in [0.15, 0.2) is 33.9 Å². The minimum Gasteiger partial charge on any atom is -0.378 e. The molecule has 8 heteroatoms. The van der Waals surface area contributed by atoms with Crippen LogP contribution in [-0.4, -0.2) is 39.7 Å². The summed E-state index contributed by atoms with van der Waals surface area (Å²) in [6, 6.07) is 8.23. The fourth-order valence-corrected chi connectivity index (χ4v) is 3.52. The topological polar surface area (TPSA) is 79.2 Å². The van der Waals surface area contributed by atoms with Crippen molar-refractivity contribution in [3.63, 3.8) is 0 Å². The molecular weight excluding hydrogens is 332 g/mol. The quantitative estimate of drug-likeness (QED) is 0.750. The van der Waals surface area contributed by atoms with E-state index in [-0.39, 0.29) is 5.56 Å². The molecule has 0 saturated heterocycles. The summed E-state index contributed by atoms with van der Waals surface area (Å²) in [5.74, 6) is 1.03. The van der Waals surface area contributed by atoms with Crippen molar-refractivity contribution in [1.82, 2.24) is 19.1 Å². The van der Waals surface area contributed by atoms with Crippen LogP contribution in [-0.2, 0) is 13.6 Å². The molecule has 26 heavy (non-hydrogen) atoms. The summed E-state index contributed by atoms with van der Waals surface area (Å²) < 4.78 is 3.31. The highest BCUT2D eigenvalue weighted by Gasteiger charge is 2.28. The van der Waals surface area contributed by atoms with Crippen LogP contribution in [0.3, 0.4) is 0 Å². The van der Waals surface area contributed by atoms with Gasteiger partial charge < -0.3 is 14.4 Å². The Labute approximate surface area is 150 Å². The van der Waals surface area contributed by atoms with Crippen LogP contribution in [0.2, 0.25) is 0 Å². The lowest BCUT2D eigenvalue weighted by molar-refractivity contribution is 0.458. The number of aryl methyl sites for hydroxylation is 1. The van der Waals surface area contributed by atoms with Gasteiger partial charge >= 0.3 is 5.69 Å². The Bertz CT molecular complexity index is 1090. The van der Waals surface area contributed by atoms with Crippen molar-refractivity contribution in [3.8, 4) is 0 Å². The third kappa shape index (κ3) is 2.40. The standard InChI is InChI=1S/C18H22N6O2/c1-11-9-23(13-7-5-12(6-8-13)21(2)3)17-19-15-14(24(17)10-11)16(25)20-18(26)22(15)4/h5-8,11H,9-10H2,1-4H3,(H,20,25,26). The maximum Gasteiger partial charge on any atom is 0.329 e. The second-order valence-corrected chi connectivity index (χ2v) is 7.14.